The quantitative estimate of drug-likeness (QED) is 0.679. The van der Waals surface area contributed by atoms with Gasteiger partial charge in [-0.2, -0.15) is 0 Å². The van der Waals surface area contributed by atoms with Crippen molar-refractivity contribution in [2.24, 2.45) is 0 Å². The molecule has 0 aromatic heterocycles. The van der Waals surface area contributed by atoms with Gasteiger partial charge in [0.15, 0.2) is 5.78 Å². The number of carbonyl (C=O) groups is 1. The van der Waals surface area contributed by atoms with Crippen LogP contribution in [0.3, 0.4) is 0 Å². The van der Waals surface area contributed by atoms with Gasteiger partial charge >= 0.3 is 0 Å². The van der Waals surface area contributed by atoms with E-state index in [1.54, 1.807) is 24.3 Å². The summed E-state index contributed by atoms with van der Waals surface area (Å²) in [5.74, 6) is 0.777. The van der Waals surface area contributed by atoms with Crippen molar-refractivity contribution in [3.05, 3.63) is 58.1 Å². The SMILES string of the molecule is Nc1ccc(C(=O)c2ccc3c(c2)CCCO3)c(Cl)c1. The number of nitrogen functional groups attached to an aromatic ring is 1. The van der Waals surface area contributed by atoms with E-state index in [0.29, 0.717) is 21.8 Å². The summed E-state index contributed by atoms with van der Waals surface area (Å²) in [6.45, 7) is 0.740. The molecule has 1 aliphatic rings. The van der Waals surface area contributed by atoms with Crippen molar-refractivity contribution < 1.29 is 9.53 Å². The van der Waals surface area contributed by atoms with Crippen LogP contribution >= 0.6 is 11.6 Å². The molecule has 0 atom stereocenters. The van der Waals surface area contributed by atoms with Gasteiger partial charge in [0, 0.05) is 16.8 Å². The van der Waals surface area contributed by atoms with Crippen molar-refractivity contribution in [2.75, 3.05) is 12.3 Å². The lowest BCUT2D eigenvalue weighted by molar-refractivity contribution is 0.103. The minimum Gasteiger partial charge on any atom is -0.493 e. The highest BCUT2D eigenvalue weighted by Crippen LogP contribution is 2.28. The summed E-state index contributed by atoms with van der Waals surface area (Å²) < 4.78 is 5.55. The van der Waals surface area contributed by atoms with Gasteiger partial charge in [0.2, 0.25) is 0 Å². The van der Waals surface area contributed by atoms with E-state index < -0.39 is 0 Å². The molecule has 20 heavy (non-hydrogen) atoms. The van der Waals surface area contributed by atoms with Crippen LogP contribution in [0.25, 0.3) is 0 Å². The molecular formula is C16H14ClNO2. The standard InChI is InChI=1S/C16H14ClNO2/c17-14-9-12(18)4-5-13(14)16(19)11-3-6-15-10(8-11)2-1-7-20-15/h3-6,8-9H,1-2,7,18H2. The lowest BCUT2D eigenvalue weighted by atomic mass is 9.98. The molecule has 0 spiro atoms. The first kappa shape index (κ1) is 13.0. The molecule has 0 saturated heterocycles. The maximum atomic E-state index is 12.5. The van der Waals surface area contributed by atoms with Gasteiger partial charge in [0.05, 0.1) is 11.6 Å². The molecule has 2 aromatic rings. The number of benzene rings is 2. The Hall–Kier alpha value is -2.00. The molecule has 0 aliphatic carbocycles. The Morgan fingerprint density at radius 1 is 1.20 bits per heavy atom. The molecule has 0 unspecified atom stereocenters. The zero-order valence-corrected chi connectivity index (χ0v) is 11.6. The number of carbonyl (C=O) groups excluding carboxylic acids is 1. The third-order valence-corrected chi connectivity index (χ3v) is 3.72. The smallest absolute Gasteiger partial charge is 0.194 e. The Morgan fingerprint density at radius 2 is 2.05 bits per heavy atom. The Labute approximate surface area is 122 Å². The van der Waals surface area contributed by atoms with Crippen molar-refractivity contribution in [3.63, 3.8) is 0 Å². The zero-order valence-electron chi connectivity index (χ0n) is 10.9. The summed E-state index contributed by atoms with van der Waals surface area (Å²) in [5, 5.41) is 0.379. The van der Waals surface area contributed by atoms with Crippen molar-refractivity contribution in [1.29, 1.82) is 0 Å². The summed E-state index contributed by atoms with van der Waals surface area (Å²) >= 11 is 6.09. The maximum Gasteiger partial charge on any atom is 0.194 e. The van der Waals surface area contributed by atoms with Gasteiger partial charge in [-0.05, 0) is 54.8 Å². The zero-order chi connectivity index (χ0) is 14.1. The summed E-state index contributed by atoms with van der Waals surface area (Å²) in [4.78, 5) is 12.5. The Balaban J connectivity index is 1.98. The van der Waals surface area contributed by atoms with Crippen LogP contribution in [-0.4, -0.2) is 12.4 Å². The van der Waals surface area contributed by atoms with Crippen LogP contribution in [0.1, 0.15) is 27.9 Å². The fourth-order valence-corrected chi connectivity index (χ4v) is 2.65. The normalized spacial score (nSPS) is 13.4. The van der Waals surface area contributed by atoms with Crippen LogP contribution in [0.4, 0.5) is 5.69 Å². The average Bonchev–Trinajstić information content (AvgIpc) is 2.46. The monoisotopic (exact) mass is 287 g/mol. The Bertz CT molecular complexity index is 682. The van der Waals surface area contributed by atoms with Crippen LogP contribution in [0, 0.1) is 0 Å². The second-order valence-electron chi connectivity index (χ2n) is 4.84. The summed E-state index contributed by atoms with van der Waals surface area (Å²) in [6, 6.07) is 10.5. The number of hydrogen-bond acceptors (Lipinski definition) is 3. The minimum absolute atomic E-state index is 0.0941. The first-order chi connectivity index (χ1) is 9.65. The predicted octanol–water partition coefficient (Wildman–Crippen LogP) is 3.48. The van der Waals surface area contributed by atoms with E-state index in [1.165, 1.54) is 0 Å². The topological polar surface area (TPSA) is 52.3 Å². The molecule has 1 aliphatic heterocycles. The summed E-state index contributed by atoms with van der Waals surface area (Å²) in [6.07, 6.45) is 1.92. The maximum absolute atomic E-state index is 12.5. The van der Waals surface area contributed by atoms with Crippen molar-refractivity contribution in [1.82, 2.24) is 0 Å². The van der Waals surface area contributed by atoms with Crippen LogP contribution < -0.4 is 10.5 Å². The van der Waals surface area contributed by atoms with Gasteiger partial charge in [-0.15, -0.1) is 0 Å². The molecule has 0 fully saturated rings. The van der Waals surface area contributed by atoms with E-state index >= 15 is 0 Å². The molecule has 3 rings (SSSR count). The van der Waals surface area contributed by atoms with Gasteiger partial charge in [0.1, 0.15) is 5.75 Å². The predicted molar refractivity (Wildman–Crippen MR) is 79.6 cm³/mol. The molecular weight excluding hydrogens is 274 g/mol. The highest BCUT2D eigenvalue weighted by atomic mass is 35.5. The van der Waals surface area contributed by atoms with E-state index in [4.69, 9.17) is 22.1 Å². The van der Waals surface area contributed by atoms with E-state index in [2.05, 4.69) is 0 Å². The fourth-order valence-electron chi connectivity index (χ4n) is 2.37. The van der Waals surface area contributed by atoms with Crippen LogP contribution in [0.2, 0.25) is 5.02 Å². The lowest BCUT2D eigenvalue weighted by Crippen LogP contribution is -2.10. The first-order valence-electron chi connectivity index (χ1n) is 6.50. The van der Waals surface area contributed by atoms with Crippen LogP contribution in [0.5, 0.6) is 5.75 Å². The van der Waals surface area contributed by atoms with E-state index in [0.717, 1.165) is 30.8 Å². The fraction of sp³-hybridized carbons (Fsp3) is 0.188. The second kappa shape index (κ2) is 5.17. The number of ether oxygens (including phenoxy) is 1. The molecule has 0 amide bonds. The van der Waals surface area contributed by atoms with E-state index in [1.807, 2.05) is 12.1 Å². The van der Waals surface area contributed by atoms with Gasteiger partial charge in [-0.3, -0.25) is 4.79 Å². The highest BCUT2D eigenvalue weighted by molar-refractivity contribution is 6.35. The number of aryl methyl sites for hydroxylation is 1. The van der Waals surface area contributed by atoms with Crippen molar-refractivity contribution in [2.45, 2.75) is 12.8 Å². The number of anilines is 1. The van der Waals surface area contributed by atoms with E-state index in [-0.39, 0.29) is 5.78 Å². The molecule has 3 nitrogen and oxygen atoms in total. The van der Waals surface area contributed by atoms with Crippen LogP contribution in [0.15, 0.2) is 36.4 Å². The number of nitrogens with two attached hydrogens (primary N) is 1. The molecule has 1 heterocycles. The lowest BCUT2D eigenvalue weighted by Gasteiger charge is -2.17. The number of ketones is 1. The molecule has 4 heteroatoms. The first-order valence-corrected chi connectivity index (χ1v) is 6.88. The number of hydrogen-bond donors (Lipinski definition) is 1. The van der Waals surface area contributed by atoms with E-state index in [9.17, 15) is 4.79 Å². The molecule has 0 bridgehead atoms. The van der Waals surface area contributed by atoms with Gasteiger partial charge in [-0.25, -0.2) is 0 Å². The third-order valence-electron chi connectivity index (χ3n) is 3.41. The van der Waals surface area contributed by atoms with Crippen LogP contribution in [-0.2, 0) is 6.42 Å². The van der Waals surface area contributed by atoms with Crippen molar-refractivity contribution in [3.8, 4) is 5.75 Å². The molecule has 0 saturated carbocycles. The Kier molecular flexibility index (Phi) is 3.36. The summed E-state index contributed by atoms with van der Waals surface area (Å²) in [5.41, 5.74) is 8.37. The van der Waals surface area contributed by atoms with Crippen molar-refractivity contribution >= 4 is 23.1 Å². The molecule has 0 radical (unpaired) electrons. The Morgan fingerprint density at radius 3 is 2.85 bits per heavy atom. The number of fused-ring (bicyclic) bond motifs is 1. The highest BCUT2D eigenvalue weighted by Gasteiger charge is 2.16. The number of halogens is 1. The molecule has 2 aromatic carbocycles. The van der Waals surface area contributed by atoms with Gasteiger partial charge < -0.3 is 10.5 Å². The minimum atomic E-state index is -0.0941. The largest absolute Gasteiger partial charge is 0.493 e. The second-order valence-corrected chi connectivity index (χ2v) is 5.25. The third kappa shape index (κ3) is 2.37. The summed E-state index contributed by atoms with van der Waals surface area (Å²) in [7, 11) is 0. The van der Waals surface area contributed by atoms with Gasteiger partial charge in [0.25, 0.3) is 0 Å². The molecule has 2 N–H and O–H groups in total. The van der Waals surface area contributed by atoms with Gasteiger partial charge in [-0.1, -0.05) is 11.6 Å². The average molecular weight is 288 g/mol. The number of rotatable bonds is 2. The molecule has 102 valence electrons.